The molecule has 2 aromatic rings. The van der Waals surface area contributed by atoms with Gasteiger partial charge in [0.15, 0.2) is 0 Å². The summed E-state index contributed by atoms with van der Waals surface area (Å²) in [5, 5.41) is 20.1. The van der Waals surface area contributed by atoms with Gasteiger partial charge in [0.25, 0.3) is 5.88 Å². The van der Waals surface area contributed by atoms with Gasteiger partial charge in [0.05, 0.1) is 11.5 Å². The number of aliphatic hydroxyl groups is 1. The van der Waals surface area contributed by atoms with E-state index in [1.807, 2.05) is 0 Å². The van der Waals surface area contributed by atoms with E-state index < -0.39 is 4.92 Å². The number of benzene rings is 1. The lowest BCUT2D eigenvalue weighted by Gasteiger charge is -2.08. The Morgan fingerprint density at radius 3 is 2.84 bits per heavy atom. The van der Waals surface area contributed by atoms with Crippen molar-refractivity contribution in [2.75, 3.05) is 0 Å². The minimum atomic E-state index is -0.575. The van der Waals surface area contributed by atoms with Crippen LogP contribution in [0.5, 0.6) is 11.6 Å². The second kappa shape index (κ2) is 5.77. The van der Waals surface area contributed by atoms with E-state index >= 15 is 0 Å². The summed E-state index contributed by atoms with van der Waals surface area (Å²) in [4.78, 5) is 14.2. The van der Waals surface area contributed by atoms with Crippen molar-refractivity contribution in [1.29, 1.82) is 0 Å². The fraction of sp³-hybridized carbons (Fsp3) is 0.0833. The first-order valence-electron chi connectivity index (χ1n) is 5.28. The molecule has 0 amide bonds. The highest BCUT2D eigenvalue weighted by Gasteiger charge is 2.19. The lowest BCUT2D eigenvalue weighted by Crippen LogP contribution is -1.98. The van der Waals surface area contributed by atoms with Crippen LogP contribution in [0.2, 0.25) is 0 Å². The van der Waals surface area contributed by atoms with E-state index in [0.717, 1.165) is 0 Å². The van der Waals surface area contributed by atoms with Crippen molar-refractivity contribution in [3.8, 4) is 11.6 Å². The molecule has 19 heavy (non-hydrogen) atoms. The normalized spacial score (nSPS) is 10.2. The molecule has 0 fully saturated rings. The highest BCUT2D eigenvalue weighted by Crippen LogP contribution is 2.32. The molecule has 1 aromatic carbocycles. The zero-order chi connectivity index (χ0) is 13.8. The van der Waals surface area contributed by atoms with E-state index in [9.17, 15) is 15.2 Å². The maximum atomic E-state index is 10.9. The first-order valence-corrected chi connectivity index (χ1v) is 6.07. The van der Waals surface area contributed by atoms with E-state index in [1.165, 1.54) is 12.3 Å². The number of rotatable bonds is 4. The number of pyridine rings is 1. The molecule has 0 spiro atoms. The van der Waals surface area contributed by atoms with Gasteiger partial charge in [-0.2, -0.15) is 0 Å². The smallest absolute Gasteiger partial charge is 0.332 e. The second-order valence-corrected chi connectivity index (χ2v) is 4.52. The standard InChI is InChI=1S/C12H9BrN2O4/c13-9-5-10(15(17)18)12(14-6-9)19-11-4-2-1-3-8(11)7-16/h1-6,16H,7H2. The van der Waals surface area contributed by atoms with Gasteiger partial charge in [0.2, 0.25) is 0 Å². The third kappa shape index (κ3) is 3.07. The maximum absolute atomic E-state index is 10.9. The van der Waals surface area contributed by atoms with Gasteiger partial charge in [-0.25, -0.2) is 4.98 Å². The van der Waals surface area contributed by atoms with Crippen LogP contribution in [-0.2, 0) is 6.61 Å². The monoisotopic (exact) mass is 324 g/mol. The zero-order valence-electron chi connectivity index (χ0n) is 9.62. The number of aromatic nitrogens is 1. The van der Waals surface area contributed by atoms with Crippen LogP contribution < -0.4 is 4.74 Å². The number of hydrogen-bond acceptors (Lipinski definition) is 5. The molecule has 7 heteroatoms. The molecule has 6 nitrogen and oxygen atoms in total. The Labute approximate surface area is 117 Å². The first kappa shape index (κ1) is 13.4. The summed E-state index contributed by atoms with van der Waals surface area (Å²) >= 11 is 3.12. The lowest BCUT2D eigenvalue weighted by atomic mass is 10.2. The van der Waals surface area contributed by atoms with Crippen LogP contribution in [0.3, 0.4) is 0 Å². The summed E-state index contributed by atoms with van der Waals surface area (Å²) in [5.41, 5.74) is 0.281. The number of nitrogens with zero attached hydrogens (tertiary/aromatic N) is 2. The Morgan fingerprint density at radius 1 is 1.42 bits per heavy atom. The quantitative estimate of drug-likeness (QED) is 0.690. The third-order valence-electron chi connectivity index (χ3n) is 2.35. The average molecular weight is 325 g/mol. The predicted octanol–water partition coefficient (Wildman–Crippen LogP) is 3.04. The molecule has 0 aliphatic rings. The van der Waals surface area contributed by atoms with Crippen molar-refractivity contribution < 1.29 is 14.8 Å². The topological polar surface area (TPSA) is 85.5 Å². The third-order valence-corrected chi connectivity index (χ3v) is 2.78. The SMILES string of the molecule is O=[N+]([O-])c1cc(Br)cnc1Oc1ccccc1CO. The predicted molar refractivity (Wildman–Crippen MR) is 71.0 cm³/mol. The van der Waals surface area contributed by atoms with E-state index in [2.05, 4.69) is 20.9 Å². The van der Waals surface area contributed by atoms with Crippen LogP contribution in [0.25, 0.3) is 0 Å². The van der Waals surface area contributed by atoms with Gasteiger partial charge in [0, 0.05) is 22.3 Å². The number of nitro groups is 1. The van der Waals surface area contributed by atoms with Crippen LogP contribution in [0.1, 0.15) is 5.56 Å². The summed E-state index contributed by atoms with van der Waals surface area (Å²) < 4.78 is 5.90. The minimum absolute atomic E-state index is 0.117. The van der Waals surface area contributed by atoms with Crippen molar-refractivity contribution in [3.63, 3.8) is 0 Å². The molecule has 0 bridgehead atoms. The number of para-hydroxylation sites is 1. The Kier molecular flexibility index (Phi) is 4.08. The molecule has 1 heterocycles. The number of aliphatic hydroxyl groups excluding tert-OH is 1. The van der Waals surface area contributed by atoms with Crippen molar-refractivity contribution in [2.24, 2.45) is 0 Å². The van der Waals surface area contributed by atoms with Gasteiger partial charge in [-0.1, -0.05) is 18.2 Å². The molecule has 0 aliphatic carbocycles. The van der Waals surface area contributed by atoms with Crippen LogP contribution in [0.4, 0.5) is 5.69 Å². The van der Waals surface area contributed by atoms with Crippen LogP contribution >= 0.6 is 15.9 Å². The number of ether oxygens (including phenoxy) is 1. The van der Waals surface area contributed by atoms with Gasteiger partial charge in [-0.3, -0.25) is 10.1 Å². The zero-order valence-corrected chi connectivity index (χ0v) is 11.2. The fourth-order valence-corrected chi connectivity index (χ4v) is 1.78. The first-order chi connectivity index (χ1) is 9.11. The van der Waals surface area contributed by atoms with Gasteiger partial charge in [-0.05, 0) is 22.0 Å². The average Bonchev–Trinajstić information content (AvgIpc) is 2.41. The summed E-state index contributed by atoms with van der Waals surface area (Å²) in [7, 11) is 0. The van der Waals surface area contributed by atoms with E-state index in [1.54, 1.807) is 24.3 Å². The Balaban J connectivity index is 2.41. The Morgan fingerprint density at radius 2 is 2.16 bits per heavy atom. The van der Waals surface area contributed by atoms with Gasteiger partial charge < -0.3 is 9.84 Å². The van der Waals surface area contributed by atoms with Gasteiger partial charge >= 0.3 is 5.69 Å². The molecule has 0 atom stereocenters. The largest absolute Gasteiger partial charge is 0.433 e. The molecule has 0 radical (unpaired) electrons. The maximum Gasteiger partial charge on any atom is 0.332 e. The highest BCUT2D eigenvalue weighted by atomic mass is 79.9. The number of hydrogen-bond donors (Lipinski definition) is 1. The highest BCUT2D eigenvalue weighted by molar-refractivity contribution is 9.10. The molecule has 1 aromatic heterocycles. The summed E-state index contributed by atoms with van der Waals surface area (Å²) in [6.07, 6.45) is 1.41. The molecular weight excluding hydrogens is 316 g/mol. The van der Waals surface area contributed by atoms with E-state index in [-0.39, 0.29) is 18.2 Å². The molecule has 0 saturated carbocycles. The van der Waals surface area contributed by atoms with Crippen LogP contribution in [0, 0.1) is 10.1 Å². The second-order valence-electron chi connectivity index (χ2n) is 3.60. The fourth-order valence-electron chi connectivity index (χ4n) is 1.46. The van der Waals surface area contributed by atoms with E-state index in [0.29, 0.717) is 15.8 Å². The van der Waals surface area contributed by atoms with Crippen LogP contribution in [-0.4, -0.2) is 15.0 Å². The molecule has 98 valence electrons. The molecule has 0 saturated heterocycles. The molecule has 2 rings (SSSR count). The molecule has 0 aliphatic heterocycles. The van der Waals surface area contributed by atoms with Crippen molar-refractivity contribution in [1.82, 2.24) is 4.98 Å². The molecular formula is C12H9BrN2O4. The van der Waals surface area contributed by atoms with Crippen LogP contribution in [0.15, 0.2) is 41.0 Å². The summed E-state index contributed by atoms with van der Waals surface area (Å²) in [5.74, 6) is 0.219. The van der Waals surface area contributed by atoms with Crippen molar-refractivity contribution in [2.45, 2.75) is 6.61 Å². The van der Waals surface area contributed by atoms with Crippen molar-refractivity contribution in [3.05, 3.63) is 56.7 Å². The minimum Gasteiger partial charge on any atom is -0.433 e. The summed E-state index contributed by atoms with van der Waals surface area (Å²) in [6, 6.07) is 8.03. The molecule has 1 N–H and O–H groups in total. The number of halogens is 1. The molecule has 0 unspecified atom stereocenters. The van der Waals surface area contributed by atoms with Gasteiger partial charge in [-0.15, -0.1) is 0 Å². The van der Waals surface area contributed by atoms with Gasteiger partial charge in [0.1, 0.15) is 5.75 Å². The lowest BCUT2D eigenvalue weighted by molar-refractivity contribution is -0.386. The Hall–Kier alpha value is -1.99. The van der Waals surface area contributed by atoms with Crippen molar-refractivity contribution >= 4 is 21.6 Å². The summed E-state index contributed by atoms with van der Waals surface area (Å²) in [6.45, 7) is -0.222. The Bertz CT molecular complexity index is 618. The van der Waals surface area contributed by atoms with E-state index in [4.69, 9.17) is 4.74 Å².